The Kier molecular flexibility index (Phi) is 5.14. The third-order valence-corrected chi connectivity index (χ3v) is 12.1. The third-order valence-electron chi connectivity index (χ3n) is 12.1. The van der Waals surface area contributed by atoms with E-state index < -0.39 is 10.8 Å². The third kappa shape index (κ3) is 3.06. The molecule has 0 amide bonds. The van der Waals surface area contributed by atoms with E-state index in [1.165, 1.54) is 88.6 Å². The molecule has 2 heteroatoms. The smallest absolute Gasteiger partial charge is 0.137 e. The fourth-order valence-electron chi connectivity index (χ4n) is 10.5. The minimum absolute atomic E-state index is 0.442. The van der Waals surface area contributed by atoms with Crippen molar-refractivity contribution < 1.29 is 0 Å². The molecule has 2 nitrogen and oxygen atoms in total. The number of aromatic nitrogens is 2. The van der Waals surface area contributed by atoms with Gasteiger partial charge >= 0.3 is 0 Å². The summed E-state index contributed by atoms with van der Waals surface area (Å²) in [7, 11) is 0. The van der Waals surface area contributed by atoms with Crippen LogP contribution in [0.2, 0.25) is 0 Å². The Bertz CT molecular complexity index is 2830. The molecule has 0 atom stereocenters. The van der Waals surface area contributed by atoms with Gasteiger partial charge in [-0.15, -0.1) is 0 Å². The quantitative estimate of drug-likeness (QED) is 0.174. The lowest BCUT2D eigenvalue weighted by atomic mass is 9.52. The molecule has 2 spiro atoms. The Morgan fingerprint density at radius 2 is 0.824 bits per heavy atom. The van der Waals surface area contributed by atoms with E-state index in [2.05, 4.69) is 174 Å². The van der Waals surface area contributed by atoms with Gasteiger partial charge in [0.1, 0.15) is 5.82 Å². The van der Waals surface area contributed by atoms with Crippen molar-refractivity contribution in [1.82, 2.24) is 9.55 Å². The summed E-state index contributed by atoms with van der Waals surface area (Å²) in [6.07, 6.45) is 1.89. The zero-order chi connectivity index (χ0) is 33.3. The Hall–Kier alpha value is -6.51. The first kappa shape index (κ1) is 27.3. The van der Waals surface area contributed by atoms with Gasteiger partial charge in [-0.05, 0) is 91.0 Å². The topological polar surface area (TPSA) is 17.8 Å². The van der Waals surface area contributed by atoms with Gasteiger partial charge in [0.05, 0.1) is 21.9 Å². The predicted molar refractivity (Wildman–Crippen MR) is 207 cm³/mol. The summed E-state index contributed by atoms with van der Waals surface area (Å²) in [6, 6.07) is 65.8. The zero-order valence-electron chi connectivity index (χ0n) is 27.7. The second kappa shape index (κ2) is 9.59. The molecule has 0 radical (unpaired) electrons. The highest BCUT2D eigenvalue weighted by Gasteiger charge is 2.59. The van der Waals surface area contributed by atoms with Crippen LogP contribution in [0.25, 0.3) is 49.9 Å². The highest BCUT2D eigenvalue weighted by atomic mass is 15.1. The second-order valence-electron chi connectivity index (χ2n) is 14.2. The lowest BCUT2D eigenvalue weighted by molar-refractivity contribution is 0.633. The summed E-state index contributed by atoms with van der Waals surface area (Å²) in [4.78, 5) is 4.84. The lowest BCUT2D eigenvalue weighted by Crippen LogP contribution is -2.43. The Morgan fingerprint density at radius 3 is 1.41 bits per heavy atom. The molecule has 2 aromatic heterocycles. The van der Waals surface area contributed by atoms with Crippen LogP contribution in [-0.4, -0.2) is 9.55 Å². The fourth-order valence-corrected chi connectivity index (χ4v) is 10.5. The monoisotopic (exact) mass is 646 g/mol. The van der Waals surface area contributed by atoms with Crippen LogP contribution >= 0.6 is 0 Å². The fraction of sp³-hybridized carbons (Fsp3) is 0.0408. The van der Waals surface area contributed by atoms with Crippen molar-refractivity contribution >= 4 is 21.8 Å². The van der Waals surface area contributed by atoms with Gasteiger partial charge in [-0.2, -0.15) is 0 Å². The van der Waals surface area contributed by atoms with Gasteiger partial charge < -0.3 is 0 Å². The van der Waals surface area contributed by atoms with Crippen LogP contribution in [0.4, 0.5) is 0 Å². The number of para-hydroxylation sites is 1. The summed E-state index contributed by atoms with van der Waals surface area (Å²) in [5.41, 5.74) is 17.5. The van der Waals surface area contributed by atoms with Crippen molar-refractivity contribution in [2.75, 3.05) is 0 Å². The average Bonchev–Trinajstić information content (AvgIpc) is 3.81. The minimum atomic E-state index is -0.515. The number of benzene rings is 7. The normalized spacial score (nSPS) is 15.0. The average molecular weight is 647 g/mol. The standard InChI is InChI=1S/C49H30N2/c1-5-19-35-31(15-1)32-16-2-6-20-36(32)48(35)38-22-8-10-24-40(38)49(41-25-11-9-23-39(41)48)37-21-7-3-17-33(37)46-42(49)28-29-44-47(46)34-18-4-12-26-43(34)51(44)45-27-13-14-30-50-45/h1-30H. The maximum Gasteiger partial charge on any atom is 0.137 e. The van der Waals surface area contributed by atoms with Gasteiger partial charge in [0.2, 0.25) is 0 Å². The van der Waals surface area contributed by atoms with E-state index in [0.29, 0.717) is 0 Å². The molecule has 2 heterocycles. The maximum absolute atomic E-state index is 4.84. The molecule has 3 aliphatic carbocycles. The molecular formula is C49H30N2. The van der Waals surface area contributed by atoms with Crippen molar-refractivity contribution in [2.45, 2.75) is 10.8 Å². The SMILES string of the molecule is c1ccc(-n2c3ccccc3c3c4c(ccc32)C2(c3ccccc3-4)c3ccccc3C3(c4ccccc4-c4ccccc43)c3ccccc32)nc1. The minimum Gasteiger partial charge on any atom is -0.294 e. The predicted octanol–water partition coefficient (Wildman–Crippen LogP) is 11.2. The summed E-state index contributed by atoms with van der Waals surface area (Å²) in [6.45, 7) is 0. The lowest BCUT2D eigenvalue weighted by Gasteiger charge is -2.48. The van der Waals surface area contributed by atoms with Crippen LogP contribution in [-0.2, 0) is 10.8 Å². The van der Waals surface area contributed by atoms with Gasteiger partial charge in [0, 0.05) is 17.0 Å². The molecule has 0 fully saturated rings. The number of pyridine rings is 1. The molecule has 0 bridgehead atoms. The van der Waals surface area contributed by atoms with Crippen molar-refractivity contribution in [1.29, 1.82) is 0 Å². The number of fused-ring (bicyclic) bond motifs is 20. The van der Waals surface area contributed by atoms with E-state index in [0.717, 1.165) is 5.82 Å². The second-order valence-corrected chi connectivity index (χ2v) is 14.2. The van der Waals surface area contributed by atoms with Gasteiger partial charge in [0.25, 0.3) is 0 Å². The zero-order valence-corrected chi connectivity index (χ0v) is 27.7. The Labute approximate surface area is 295 Å². The van der Waals surface area contributed by atoms with Crippen molar-refractivity contribution in [2.24, 2.45) is 0 Å². The Balaban J connectivity index is 1.28. The first-order valence-electron chi connectivity index (χ1n) is 17.8. The first-order valence-corrected chi connectivity index (χ1v) is 17.8. The van der Waals surface area contributed by atoms with Crippen LogP contribution in [0.1, 0.15) is 44.5 Å². The van der Waals surface area contributed by atoms with Gasteiger partial charge in [-0.1, -0.05) is 152 Å². The van der Waals surface area contributed by atoms with Crippen LogP contribution in [0.5, 0.6) is 0 Å². The van der Waals surface area contributed by atoms with E-state index in [1.54, 1.807) is 0 Å². The van der Waals surface area contributed by atoms with Crippen LogP contribution < -0.4 is 0 Å². The van der Waals surface area contributed by atoms with E-state index in [9.17, 15) is 0 Å². The van der Waals surface area contributed by atoms with Crippen LogP contribution in [0.15, 0.2) is 182 Å². The van der Waals surface area contributed by atoms with E-state index >= 15 is 0 Å². The van der Waals surface area contributed by atoms with Gasteiger partial charge in [-0.25, -0.2) is 4.98 Å². The number of rotatable bonds is 1. The molecule has 12 rings (SSSR count). The van der Waals surface area contributed by atoms with E-state index in [-0.39, 0.29) is 0 Å². The van der Waals surface area contributed by atoms with E-state index in [4.69, 9.17) is 4.98 Å². The molecule has 0 saturated heterocycles. The largest absolute Gasteiger partial charge is 0.294 e. The van der Waals surface area contributed by atoms with Crippen molar-refractivity contribution in [3.63, 3.8) is 0 Å². The molecule has 51 heavy (non-hydrogen) atoms. The summed E-state index contributed by atoms with van der Waals surface area (Å²) >= 11 is 0. The summed E-state index contributed by atoms with van der Waals surface area (Å²) in [5.74, 6) is 0.929. The maximum atomic E-state index is 4.84. The molecule has 7 aromatic carbocycles. The number of hydrogen-bond acceptors (Lipinski definition) is 1. The molecule has 0 saturated carbocycles. The molecule has 3 aliphatic rings. The number of nitrogens with zero attached hydrogens (tertiary/aromatic N) is 2. The number of hydrogen-bond donors (Lipinski definition) is 0. The first-order chi connectivity index (χ1) is 25.3. The summed E-state index contributed by atoms with van der Waals surface area (Å²) in [5, 5.41) is 2.53. The van der Waals surface area contributed by atoms with E-state index in [1.807, 2.05) is 12.3 Å². The molecule has 0 aliphatic heterocycles. The van der Waals surface area contributed by atoms with Gasteiger partial charge in [0.15, 0.2) is 0 Å². The van der Waals surface area contributed by atoms with Crippen molar-refractivity contribution in [3.8, 4) is 28.1 Å². The molecule has 9 aromatic rings. The molecule has 0 N–H and O–H groups in total. The Morgan fingerprint density at radius 1 is 0.353 bits per heavy atom. The van der Waals surface area contributed by atoms with Crippen LogP contribution in [0.3, 0.4) is 0 Å². The van der Waals surface area contributed by atoms with Gasteiger partial charge in [-0.3, -0.25) is 4.57 Å². The highest BCUT2D eigenvalue weighted by Crippen LogP contribution is 2.68. The highest BCUT2D eigenvalue weighted by molar-refractivity contribution is 6.18. The van der Waals surface area contributed by atoms with Crippen LogP contribution in [0, 0.1) is 0 Å². The summed E-state index contributed by atoms with van der Waals surface area (Å²) < 4.78 is 2.34. The van der Waals surface area contributed by atoms with Crippen molar-refractivity contribution in [3.05, 3.63) is 227 Å². The molecular weight excluding hydrogens is 617 g/mol. The molecule has 0 unspecified atom stereocenters. The molecule has 236 valence electrons.